The van der Waals surface area contributed by atoms with Crippen molar-refractivity contribution < 1.29 is 18.4 Å². The van der Waals surface area contributed by atoms with Gasteiger partial charge in [0.1, 0.15) is 0 Å². The molecule has 2 heterocycles. The number of hydrogen-bond acceptors (Lipinski definition) is 7. The molecule has 0 bridgehead atoms. The number of carbonyl (C=O) groups is 1. The molecule has 0 saturated heterocycles. The molecule has 8 nitrogen and oxygen atoms in total. The number of methoxy groups -OCH3 is 1. The van der Waals surface area contributed by atoms with E-state index in [9.17, 15) is 9.18 Å². The van der Waals surface area contributed by atoms with E-state index < -0.39 is 6.67 Å². The lowest BCUT2D eigenvalue weighted by Gasteiger charge is -2.24. The molecular weight excluding hydrogens is 449 g/mol. The number of rotatable bonds is 13. The lowest BCUT2D eigenvalue weighted by atomic mass is 10.1. The van der Waals surface area contributed by atoms with Crippen LogP contribution in [-0.2, 0) is 11.2 Å². The van der Waals surface area contributed by atoms with E-state index in [0.717, 1.165) is 43.5 Å². The highest BCUT2D eigenvalue weighted by Gasteiger charge is 2.28. The van der Waals surface area contributed by atoms with Crippen LogP contribution in [0.4, 0.5) is 10.1 Å². The second kappa shape index (κ2) is 11.7. The first-order valence-electron chi connectivity index (χ1n) is 11.9. The number of alkyl halides is 1. The van der Waals surface area contributed by atoms with Gasteiger partial charge < -0.3 is 14.2 Å². The third-order valence-corrected chi connectivity index (χ3v) is 5.91. The number of ether oxygens (including phenoxy) is 1. The summed E-state index contributed by atoms with van der Waals surface area (Å²) < 4.78 is 23.4. The third kappa shape index (κ3) is 6.49. The molecule has 1 amide bonds. The number of hydrogen-bond donors (Lipinski definition) is 0. The van der Waals surface area contributed by atoms with Crippen LogP contribution >= 0.6 is 0 Å². The Hall–Kier alpha value is -3.62. The normalized spacial score (nSPS) is 13.0. The second-order valence-corrected chi connectivity index (χ2v) is 8.61. The number of carbonyl (C=O) groups excluding carboxylic acids is 1. The van der Waals surface area contributed by atoms with Crippen molar-refractivity contribution in [1.82, 2.24) is 20.1 Å². The number of anilines is 1. The quantitative estimate of drug-likeness (QED) is 0.249. The minimum absolute atomic E-state index is 0.0125. The summed E-state index contributed by atoms with van der Waals surface area (Å²) >= 11 is 0. The van der Waals surface area contributed by atoms with Gasteiger partial charge in [0.15, 0.2) is 5.82 Å². The van der Waals surface area contributed by atoms with Crippen molar-refractivity contribution in [3.63, 3.8) is 0 Å². The highest BCUT2D eigenvalue weighted by molar-refractivity contribution is 6.05. The molecule has 0 N–H and O–H groups in total. The Morgan fingerprint density at radius 2 is 2.09 bits per heavy atom. The van der Waals surface area contributed by atoms with E-state index in [-0.39, 0.29) is 23.9 Å². The van der Waals surface area contributed by atoms with E-state index in [2.05, 4.69) is 26.7 Å². The summed E-state index contributed by atoms with van der Waals surface area (Å²) in [6, 6.07) is 9.57. The summed E-state index contributed by atoms with van der Waals surface area (Å²) in [5.41, 5.74) is 2.45. The average Bonchev–Trinajstić information content (AvgIpc) is 3.64. The fourth-order valence-corrected chi connectivity index (χ4v) is 3.79. The van der Waals surface area contributed by atoms with Gasteiger partial charge in [0.2, 0.25) is 5.89 Å². The predicted octanol–water partition coefficient (Wildman–Crippen LogP) is 5.07. The van der Waals surface area contributed by atoms with Crippen LogP contribution in [0.2, 0.25) is 0 Å². The smallest absolute Gasteiger partial charge is 0.316 e. The average molecular weight is 480 g/mol. The van der Waals surface area contributed by atoms with Crippen molar-refractivity contribution in [3.05, 3.63) is 60.4 Å². The first-order valence-corrected chi connectivity index (χ1v) is 11.9. The van der Waals surface area contributed by atoms with Crippen LogP contribution < -0.4 is 9.64 Å². The van der Waals surface area contributed by atoms with E-state index in [4.69, 9.17) is 9.26 Å². The van der Waals surface area contributed by atoms with Crippen LogP contribution in [0, 0.1) is 0 Å². The summed E-state index contributed by atoms with van der Waals surface area (Å²) in [6.45, 7) is 3.67. The van der Waals surface area contributed by atoms with Gasteiger partial charge in [-0.3, -0.25) is 9.18 Å². The van der Waals surface area contributed by atoms with Gasteiger partial charge in [-0.25, -0.2) is 4.98 Å². The van der Waals surface area contributed by atoms with Gasteiger partial charge in [-0.1, -0.05) is 30.3 Å². The molecule has 1 aromatic carbocycles. The van der Waals surface area contributed by atoms with Crippen LogP contribution in [-0.4, -0.2) is 46.3 Å². The Labute approximate surface area is 204 Å². The molecule has 1 fully saturated rings. The maximum Gasteiger partial charge on any atom is 0.316 e. The molecule has 0 radical (unpaired) electrons. The summed E-state index contributed by atoms with van der Waals surface area (Å²) in [5.74, 6) is 1.70. The molecule has 35 heavy (non-hydrogen) atoms. The molecule has 4 rings (SSSR count). The molecule has 0 spiro atoms. The highest BCUT2D eigenvalue weighted by Crippen LogP contribution is 2.38. The molecule has 0 atom stereocenters. The number of unbranched alkanes of at least 4 members (excludes halogenated alkanes) is 2. The first-order chi connectivity index (χ1) is 17.1. The van der Waals surface area contributed by atoms with Crippen molar-refractivity contribution in [2.75, 3.05) is 25.2 Å². The van der Waals surface area contributed by atoms with E-state index in [1.165, 1.54) is 7.11 Å². The molecule has 1 saturated carbocycles. The van der Waals surface area contributed by atoms with Crippen molar-refractivity contribution in [2.24, 2.45) is 0 Å². The molecule has 1 aliphatic carbocycles. The first kappa shape index (κ1) is 24.5. The number of aromatic nitrogens is 4. The number of benzene rings is 1. The zero-order valence-corrected chi connectivity index (χ0v) is 20.0. The van der Waals surface area contributed by atoms with Crippen LogP contribution in [0.3, 0.4) is 0 Å². The van der Waals surface area contributed by atoms with E-state index in [1.54, 1.807) is 17.2 Å². The van der Waals surface area contributed by atoms with Gasteiger partial charge >= 0.3 is 6.01 Å². The van der Waals surface area contributed by atoms with Crippen molar-refractivity contribution in [2.45, 2.75) is 50.9 Å². The Bertz CT molecular complexity index is 1160. The fraction of sp³-hybridized carbons (Fsp3) is 0.423. The summed E-state index contributed by atoms with van der Waals surface area (Å²) in [7, 11) is 1.51. The van der Waals surface area contributed by atoms with E-state index >= 15 is 0 Å². The summed E-state index contributed by atoms with van der Waals surface area (Å²) in [5, 5.41) is 4.05. The molecule has 9 heteroatoms. The monoisotopic (exact) mass is 479 g/mol. The van der Waals surface area contributed by atoms with Gasteiger partial charge in [-0.15, -0.1) is 0 Å². The fourth-order valence-electron chi connectivity index (χ4n) is 3.79. The Morgan fingerprint density at radius 3 is 2.86 bits per heavy atom. The SMILES string of the molecule is C=C(CCF)C(=O)N(CCCCCc1nc(C2CC2)no1)c1cccc(-c2ccnc(OC)n2)c1. The number of aryl methyl sites for hydroxylation is 1. The van der Waals surface area contributed by atoms with Gasteiger partial charge in [0.25, 0.3) is 5.91 Å². The Kier molecular flexibility index (Phi) is 8.18. The minimum atomic E-state index is -0.619. The van der Waals surface area contributed by atoms with Crippen molar-refractivity contribution >= 4 is 11.6 Å². The van der Waals surface area contributed by atoms with Crippen LogP contribution in [0.1, 0.15) is 56.2 Å². The topological polar surface area (TPSA) is 94.2 Å². The largest absolute Gasteiger partial charge is 0.467 e. The van der Waals surface area contributed by atoms with Crippen molar-refractivity contribution in [1.29, 1.82) is 0 Å². The maximum atomic E-state index is 13.1. The molecule has 0 unspecified atom stereocenters. The lowest BCUT2D eigenvalue weighted by molar-refractivity contribution is -0.115. The molecule has 184 valence electrons. The Morgan fingerprint density at radius 1 is 1.23 bits per heavy atom. The van der Waals surface area contributed by atoms with Gasteiger partial charge in [-0.05, 0) is 43.9 Å². The van der Waals surface area contributed by atoms with Gasteiger partial charge in [0, 0.05) is 48.3 Å². The third-order valence-electron chi connectivity index (χ3n) is 5.91. The Balaban J connectivity index is 1.42. The standard InChI is InChI=1S/C26H30FN5O3/c1-18(12-14-27)25(33)32(16-5-3-4-9-23-30-24(31-35-23)19-10-11-19)21-8-6-7-20(17-21)22-13-15-28-26(29-22)34-2/h6-8,13,15,17,19H,1,3-5,9-12,14,16H2,2H3. The van der Waals surface area contributed by atoms with Crippen LogP contribution in [0.25, 0.3) is 11.3 Å². The number of nitrogens with zero attached hydrogens (tertiary/aromatic N) is 5. The van der Waals surface area contributed by atoms with E-state index in [1.807, 2.05) is 24.3 Å². The van der Waals surface area contributed by atoms with Crippen LogP contribution in [0.5, 0.6) is 6.01 Å². The lowest BCUT2D eigenvalue weighted by Crippen LogP contribution is -2.33. The number of halogens is 1. The van der Waals surface area contributed by atoms with Gasteiger partial charge in [0.05, 0.1) is 19.5 Å². The summed E-state index contributed by atoms with van der Waals surface area (Å²) in [6.07, 6.45) is 7.15. The molecule has 1 aliphatic rings. The van der Waals surface area contributed by atoms with Crippen molar-refractivity contribution in [3.8, 4) is 17.3 Å². The number of amides is 1. The predicted molar refractivity (Wildman–Crippen MR) is 130 cm³/mol. The van der Waals surface area contributed by atoms with E-state index in [0.29, 0.717) is 36.2 Å². The highest BCUT2D eigenvalue weighted by atomic mass is 19.1. The second-order valence-electron chi connectivity index (χ2n) is 8.61. The molecule has 0 aliphatic heterocycles. The zero-order valence-electron chi connectivity index (χ0n) is 20.0. The van der Waals surface area contributed by atoms with Crippen LogP contribution in [0.15, 0.2) is 53.2 Å². The summed E-state index contributed by atoms with van der Waals surface area (Å²) in [4.78, 5) is 27.7. The minimum Gasteiger partial charge on any atom is -0.467 e. The zero-order chi connectivity index (χ0) is 24.6. The van der Waals surface area contributed by atoms with Gasteiger partial charge in [-0.2, -0.15) is 9.97 Å². The molecule has 2 aromatic heterocycles. The molecule has 3 aromatic rings. The molecular formula is C26H30FN5O3. The maximum absolute atomic E-state index is 13.1.